The van der Waals surface area contributed by atoms with Gasteiger partial charge in [0.05, 0.1) is 0 Å². The van der Waals surface area contributed by atoms with Crippen molar-refractivity contribution in [3.05, 3.63) is 0 Å². The van der Waals surface area contributed by atoms with Crippen LogP contribution in [0, 0.1) is 11.3 Å². The summed E-state index contributed by atoms with van der Waals surface area (Å²) in [5, 5.41) is 3.89. The van der Waals surface area contributed by atoms with Crippen molar-refractivity contribution < 1.29 is 0 Å². The van der Waals surface area contributed by atoms with Gasteiger partial charge in [-0.25, -0.2) is 0 Å². The van der Waals surface area contributed by atoms with Gasteiger partial charge in [-0.2, -0.15) is 0 Å². The van der Waals surface area contributed by atoms with Crippen molar-refractivity contribution in [3.63, 3.8) is 0 Å². The number of hydrogen-bond acceptors (Lipinski definition) is 3. The number of piperazine rings is 1. The topological polar surface area (TPSA) is 18.5 Å². The molecule has 124 valence electrons. The molecule has 0 aromatic rings. The van der Waals surface area contributed by atoms with Crippen molar-refractivity contribution in [1.29, 1.82) is 0 Å². The van der Waals surface area contributed by atoms with Gasteiger partial charge in [-0.15, -0.1) is 0 Å². The van der Waals surface area contributed by atoms with E-state index < -0.39 is 0 Å². The molecule has 2 aliphatic rings. The second-order valence-corrected chi connectivity index (χ2v) is 8.32. The summed E-state index contributed by atoms with van der Waals surface area (Å²) in [4.78, 5) is 5.06. The van der Waals surface area contributed by atoms with Crippen LogP contribution in [0.2, 0.25) is 0 Å². The summed E-state index contributed by atoms with van der Waals surface area (Å²) in [5.41, 5.74) is 0.454. The average molecular weight is 296 g/mol. The summed E-state index contributed by atoms with van der Waals surface area (Å²) >= 11 is 0. The fraction of sp³-hybridized carbons (Fsp3) is 1.00. The first-order valence-corrected chi connectivity index (χ1v) is 9.11. The minimum Gasteiger partial charge on any atom is -0.314 e. The van der Waals surface area contributed by atoms with Crippen LogP contribution in [0.1, 0.15) is 52.9 Å². The van der Waals surface area contributed by atoms with Gasteiger partial charge < -0.3 is 15.1 Å². The SMILES string of the molecule is CN1CCN(CCCNC2CCCCC2C(C)(C)C)CC1. The van der Waals surface area contributed by atoms with Crippen molar-refractivity contribution in [2.45, 2.75) is 58.9 Å². The summed E-state index contributed by atoms with van der Waals surface area (Å²) in [5.74, 6) is 0.856. The number of nitrogens with one attached hydrogen (secondary N) is 1. The summed E-state index contributed by atoms with van der Waals surface area (Å²) in [6.45, 7) is 14.7. The molecule has 1 aliphatic carbocycles. The van der Waals surface area contributed by atoms with E-state index >= 15 is 0 Å². The van der Waals surface area contributed by atoms with Crippen LogP contribution in [0.3, 0.4) is 0 Å². The molecule has 3 heteroatoms. The Labute approximate surface area is 132 Å². The third kappa shape index (κ3) is 5.54. The van der Waals surface area contributed by atoms with Crippen molar-refractivity contribution in [3.8, 4) is 0 Å². The highest BCUT2D eigenvalue weighted by Gasteiger charge is 2.33. The zero-order valence-corrected chi connectivity index (χ0v) is 14.8. The Morgan fingerprint density at radius 3 is 2.33 bits per heavy atom. The smallest absolute Gasteiger partial charge is 0.0110 e. The largest absolute Gasteiger partial charge is 0.314 e. The first-order chi connectivity index (χ1) is 9.97. The molecule has 1 aliphatic heterocycles. The van der Waals surface area contributed by atoms with E-state index in [2.05, 4.69) is 42.9 Å². The molecule has 1 saturated carbocycles. The Morgan fingerprint density at radius 1 is 1.00 bits per heavy atom. The minimum atomic E-state index is 0.454. The Bertz CT molecular complexity index is 289. The van der Waals surface area contributed by atoms with Crippen LogP contribution in [0.4, 0.5) is 0 Å². The number of likely N-dealkylation sites (N-methyl/N-ethyl adjacent to an activating group) is 1. The molecule has 0 aromatic heterocycles. The predicted molar refractivity (Wildman–Crippen MR) is 91.8 cm³/mol. The zero-order valence-electron chi connectivity index (χ0n) is 14.8. The van der Waals surface area contributed by atoms with Gasteiger partial charge in [0.2, 0.25) is 0 Å². The van der Waals surface area contributed by atoms with Gasteiger partial charge in [-0.3, -0.25) is 0 Å². The maximum atomic E-state index is 3.89. The second kappa shape index (κ2) is 7.94. The molecule has 0 radical (unpaired) electrons. The molecule has 0 bridgehead atoms. The molecule has 2 rings (SSSR count). The maximum absolute atomic E-state index is 3.89. The summed E-state index contributed by atoms with van der Waals surface area (Å²) < 4.78 is 0. The van der Waals surface area contributed by atoms with Gasteiger partial charge in [0, 0.05) is 32.2 Å². The third-order valence-corrected chi connectivity index (χ3v) is 5.53. The molecule has 1 heterocycles. The van der Waals surface area contributed by atoms with Crippen LogP contribution >= 0.6 is 0 Å². The van der Waals surface area contributed by atoms with E-state index in [1.54, 1.807) is 0 Å². The molecular formula is C18H37N3. The van der Waals surface area contributed by atoms with E-state index in [0.29, 0.717) is 5.41 Å². The van der Waals surface area contributed by atoms with Crippen LogP contribution in [0.5, 0.6) is 0 Å². The van der Waals surface area contributed by atoms with Crippen LogP contribution in [0.25, 0.3) is 0 Å². The Balaban J connectivity index is 1.65. The molecule has 0 amide bonds. The van der Waals surface area contributed by atoms with Gasteiger partial charge in [-0.05, 0) is 50.7 Å². The second-order valence-electron chi connectivity index (χ2n) is 8.32. The van der Waals surface area contributed by atoms with Crippen molar-refractivity contribution in [1.82, 2.24) is 15.1 Å². The van der Waals surface area contributed by atoms with E-state index in [1.165, 1.54) is 71.4 Å². The quantitative estimate of drug-likeness (QED) is 0.787. The van der Waals surface area contributed by atoms with Gasteiger partial charge in [0.15, 0.2) is 0 Å². The number of hydrogen-bond donors (Lipinski definition) is 1. The molecule has 1 saturated heterocycles. The zero-order chi connectivity index (χ0) is 15.3. The molecule has 21 heavy (non-hydrogen) atoms. The van der Waals surface area contributed by atoms with Gasteiger partial charge in [-0.1, -0.05) is 33.6 Å². The lowest BCUT2D eigenvalue weighted by molar-refractivity contribution is 0.126. The van der Waals surface area contributed by atoms with Crippen LogP contribution in [-0.4, -0.2) is 62.2 Å². The van der Waals surface area contributed by atoms with Crippen molar-refractivity contribution in [2.24, 2.45) is 11.3 Å². The lowest BCUT2D eigenvalue weighted by Crippen LogP contribution is -2.46. The molecule has 1 N–H and O–H groups in total. The first-order valence-electron chi connectivity index (χ1n) is 9.11. The average Bonchev–Trinajstić information content (AvgIpc) is 2.45. The lowest BCUT2D eigenvalue weighted by atomic mass is 9.69. The van der Waals surface area contributed by atoms with Crippen molar-refractivity contribution >= 4 is 0 Å². The lowest BCUT2D eigenvalue weighted by Gasteiger charge is -2.41. The standard InChI is InChI=1S/C18H37N3/c1-18(2,3)16-8-5-6-9-17(16)19-10-7-11-21-14-12-20(4)13-15-21/h16-17,19H,5-15H2,1-4H3. The van der Waals surface area contributed by atoms with E-state index in [-0.39, 0.29) is 0 Å². The molecule has 0 spiro atoms. The summed E-state index contributed by atoms with van der Waals surface area (Å²) in [6.07, 6.45) is 6.96. The predicted octanol–water partition coefficient (Wildman–Crippen LogP) is 2.82. The van der Waals surface area contributed by atoms with Crippen LogP contribution in [0.15, 0.2) is 0 Å². The summed E-state index contributed by atoms with van der Waals surface area (Å²) in [6, 6.07) is 0.756. The van der Waals surface area contributed by atoms with Crippen LogP contribution in [-0.2, 0) is 0 Å². The van der Waals surface area contributed by atoms with Crippen LogP contribution < -0.4 is 5.32 Å². The van der Waals surface area contributed by atoms with E-state index in [1.807, 2.05) is 0 Å². The molecular weight excluding hydrogens is 258 g/mol. The molecule has 3 nitrogen and oxygen atoms in total. The highest BCUT2D eigenvalue weighted by Crippen LogP contribution is 2.37. The fourth-order valence-corrected chi connectivity index (χ4v) is 4.07. The number of rotatable bonds is 5. The maximum Gasteiger partial charge on any atom is 0.0110 e. The normalized spacial score (nSPS) is 29.7. The van der Waals surface area contributed by atoms with Gasteiger partial charge in [0.1, 0.15) is 0 Å². The Hall–Kier alpha value is -0.120. The fourth-order valence-electron chi connectivity index (χ4n) is 4.07. The minimum absolute atomic E-state index is 0.454. The summed E-state index contributed by atoms with van der Waals surface area (Å²) in [7, 11) is 2.23. The first kappa shape index (κ1) is 17.2. The molecule has 2 fully saturated rings. The Morgan fingerprint density at radius 2 is 1.67 bits per heavy atom. The highest BCUT2D eigenvalue weighted by molar-refractivity contribution is 4.88. The highest BCUT2D eigenvalue weighted by atomic mass is 15.2. The van der Waals surface area contributed by atoms with E-state index in [9.17, 15) is 0 Å². The van der Waals surface area contributed by atoms with E-state index in [0.717, 1.165) is 12.0 Å². The van der Waals surface area contributed by atoms with E-state index in [4.69, 9.17) is 0 Å². The molecule has 0 aromatic carbocycles. The monoisotopic (exact) mass is 295 g/mol. The van der Waals surface area contributed by atoms with Crippen molar-refractivity contribution in [2.75, 3.05) is 46.3 Å². The Kier molecular flexibility index (Phi) is 6.51. The van der Waals surface area contributed by atoms with Gasteiger partial charge >= 0.3 is 0 Å². The molecule has 2 unspecified atom stereocenters. The van der Waals surface area contributed by atoms with Gasteiger partial charge in [0.25, 0.3) is 0 Å². The number of nitrogens with zero attached hydrogens (tertiary/aromatic N) is 2. The molecule has 2 atom stereocenters. The third-order valence-electron chi connectivity index (χ3n) is 5.53.